The molecule has 3 nitrogen and oxygen atoms in total. The van der Waals surface area contributed by atoms with E-state index in [0.717, 1.165) is 0 Å². The molecule has 0 unspecified atom stereocenters. The predicted octanol–water partition coefficient (Wildman–Crippen LogP) is 4.17. The molecule has 0 bridgehead atoms. The van der Waals surface area contributed by atoms with E-state index < -0.39 is 18.1 Å². The highest BCUT2D eigenvalue weighted by Gasteiger charge is 2.41. The smallest absolute Gasteiger partial charge is 0.220 e. The van der Waals surface area contributed by atoms with E-state index in [1.54, 1.807) is 0 Å². The van der Waals surface area contributed by atoms with Gasteiger partial charge in [0.1, 0.15) is 0 Å². The van der Waals surface area contributed by atoms with Crippen molar-refractivity contribution in [3.63, 3.8) is 0 Å². The van der Waals surface area contributed by atoms with Crippen LogP contribution in [0.25, 0.3) is 0 Å². The lowest BCUT2D eigenvalue weighted by molar-refractivity contribution is 0.611. The van der Waals surface area contributed by atoms with Crippen LogP contribution in [0.5, 0.6) is 0 Å². The third kappa shape index (κ3) is 2.67. The van der Waals surface area contributed by atoms with E-state index in [9.17, 15) is 8.42 Å². The van der Waals surface area contributed by atoms with Gasteiger partial charge in [-0.3, -0.25) is 0 Å². The van der Waals surface area contributed by atoms with Gasteiger partial charge in [0.15, 0.2) is 0 Å². The van der Waals surface area contributed by atoms with E-state index in [4.69, 9.17) is 5.14 Å². The third-order valence-electron chi connectivity index (χ3n) is 3.57. The zero-order valence-electron chi connectivity index (χ0n) is 12.4. The molecule has 0 aliphatic carbocycles. The Morgan fingerprint density at radius 3 is 1.00 bits per heavy atom. The average molecular weight is 343 g/mol. The minimum atomic E-state index is -3.90. The molecule has 23 heavy (non-hydrogen) atoms. The molecule has 0 fully saturated rings. The van der Waals surface area contributed by atoms with Crippen molar-refractivity contribution < 1.29 is 8.42 Å². The van der Waals surface area contributed by atoms with Crippen molar-refractivity contribution in [1.82, 2.24) is 0 Å². The fourth-order valence-electron chi connectivity index (χ4n) is 2.65. The summed E-state index contributed by atoms with van der Waals surface area (Å²) >= 11 is 0. The lowest BCUT2D eigenvalue weighted by Gasteiger charge is -2.38. The van der Waals surface area contributed by atoms with E-state index in [1.807, 2.05) is 91.0 Å². The van der Waals surface area contributed by atoms with Crippen molar-refractivity contribution in [2.24, 2.45) is 5.14 Å². The summed E-state index contributed by atoms with van der Waals surface area (Å²) in [5.41, 5.74) is 0. The Morgan fingerprint density at radius 1 is 0.522 bits per heavy atom. The first kappa shape index (κ1) is 15.8. The maximum atomic E-state index is 12.9. The van der Waals surface area contributed by atoms with Crippen LogP contribution in [0.4, 0.5) is 0 Å². The molecule has 5 heteroatoms. The normalized spacial score (nSPS) is 12.7. The summed E-state index contributed by atoms with van der Waals surface area (Å²) in [7, 11) is -6.50. The van der Waals surface area contributed by atoms with Crippen LogP contribution in [0.1, 0.15) is 0 Å². The Kier molecular flexibility index (Phi) is 4.26. The van der Waals surface area contributed by atoms with Crippen molar-refractivity contribution >= 4 is 18.1 Å². The zero-order valence-corrected chi connectivity index (χ0v) is 14.0. The third-order valence-corrected chi connectivity index (χ3v) is 10.9. The van der Waals surface area contributed by atoms with Gasteiger partial charge in [-0.05, 0) is 45.5 Å². The molecule has 0 aliphatic heterocycles. The molecule has 3 aromatic carbocycles. The Labute approximate surface area is 137 Å². The molecule has 0 saturated carbocycles. The second kappa shape index (κ2) is 6.20. The number of benzene rings is 3. The molecule has 2 N–H and O–H groups in total. The van der Waals surface area contributed by atoms with Crippen LogP contribution in [0, 0.1) is 0 Å². The number of nitrogens with two attached hydrogens (primary N) is 1. The number of rotatable bonds is 4. The summed E-state index contributed by atoms with van der Waals surface area (Å²) in [4.78, 5) is 2.12. The van der Waals surface area contributed by atoms with E-state index in [-0.39, 0.29) is 0 Å². The van der Waals surface area contributed by atoms with Gasteiger partial charge in [0.05, 0.1) is 0 Å². The van der Waals surface area contributed by atoms with E-state index >= 15 is 0 Å². The highest BCUT2D eigenvalue weighted by atomic mass is 33.2. The molecule has 3 rings (SSSR count). The molecule has 0 radical (unpaired) electrons. The van der Waals surface area contributed by atoms with Crippen LogP contribution in [-0.2, 0) is 9.06 Å². The van der Waals surface area contributed by atoms with E-state index in [1.165, 1.54) is 0 Å². The number of hydrogen-bond acceptors (Lipinski definition) is 2. The Bertz CT molecular complexity index is 783. The van der Waals surface area contributed by atoms with E-state index in [0.29, 0.717) is 14.7 Å². The maximum absolute atomic E-state index is 12.9. The zero-order chi connectivity index (χ0) is 16.3. The van der Waals surface area contributed by atoms with E-state index in [2.05, 4.69) is 0 Å². The SMILES string of the molecule is NS(=O)(=O)S(c1ccccc1)(c1ccccc1)c1ccccc1. The lowest BCUT2D eigenvalue weighted by atomic mass is 10.4. The molecule has 3 aromatic rings. The van der Waals surface area contributed by atoms with Gasteiger partial charge in [0.25, 0.3) is 9.06 Å². The van der Waals surface area contributed by atoms with Crippen molar-refractivity contribution in [2.75, 3.05) is 0 Å². The van der Waals surface area contributed by atoms with Crippen LogP contribution in [0.3, 0.4) is 0 Å². The summed E-state index contributed by atoms with van der Waals surface area (Å²) in [5.74, 6) is 0. The fraction of sp³-hybridized carbons (Fsp3) is 0. The highest BCUT2D eigenvalue weighted by Crippen LogP contribution is 2.71. The second-order valence-electron chi connectivity index (χ2n) is 4.99. The van der Waals surface area contributed by atoms with Gasteiger partial charge >= 0.3 is 0 Å². The van der Waals surface area contributed by atoms with Gasteiger partial charge in [-0.2, -0.15) is 0 Å². The molecular formula is C18H17NO2S2. The van der Waals surface area contributed by atoms with Gasteiger partial charge in [-0.1, -0.05) is 54.6 Å². The Morgan fingerprint density at radius 2 is 0.783 bits per heavy atom. The minimum absolute atomic E-state index is 0.708. The first-order valence-electron chi connectivity index (χ1n) is 7.08. The fourth-order valence-corrected chi connectivity index (χ4v) is 9.30. The van der Waals surface area contributed by atoms with Crippen LogP contribution in [0.15, 0.2) is 106 Å². The van der Waals surface area contributed by atoms with Crippen LogP contribution >= 0.6 is 9.06 Å². The molecule has 0 saturated heterocycles. The Hall–Kier alpha value is -2.08. The van der Waals surface area contributed by atoms with Crippen molar-refractivity contribution in [1.29, 1.82) is 0 Å². The molecular weight excluding hydrogens is 326 g/mol. The Balaban J connectivity index is 2.46. The molecule has 0 atom stereocenters. The topological polar surface area (TPSA) is 60.2 Å². The quantitative estimate of drug-likeness (QED) is 0.723. The molecule has 0 aromatic heterocycles. The predicted molar refractivity (Wildman–Crippen MR) is 94.8 cm³/mol. The maximum Gasteiger partial charge on any atom is 0.256 e. The summed E-state index contributed by atoms with van der Waals surface area (Å²) < 4.78 is 25.7. The molecule has 0 heterocycles. The van der Waals surface area contributed by atoms with Crippen LogP contribution < -0.4 is 5.14 Å². The average Bonchev–Trinajstić information content (AvgIpc) is 2.57. The lowest BCUT2D eigenvalue weighted by Crippen LogP contribution is -2.22. The monoisotopic (exact) mass is 343 g/mol. The minimum Gasteiger partial charge on any atom is -0.220 e. The van der Waals surface area contributed by atoms with Gasteiger partial charge in [0, 0.05) is 14.7 Å². The van der Waals surface area contributed by atoms with Crippen LogP contribution in [-0.4, -0.2) is 8.42 Å². The van der Waals surface area contributed by atoms with Gasteiger partial charge in [-0.25, -0.2) is 13.6 Å². The second-order valence-corrected chi connectivity index (χ2v) is 11.4. The van der Waals surface area contributed by atoms with Gasteiger partial charge < -0.3 is 0 Å². The number of hydrogen-bond donors (Lipinski definition) is 1. The van der Waals surface area contributed by atoms with Crippen molar-refractivity contribution in [2.45, 2.75) is 14.7 Å². The molecule has 0 spiro atoms. The summed E-state index contributed by atoms with van der Waals surface area (Å²) in [6.45, 7) is 0. The van der Waals surface area contributed by atoms with Crippen LogP contribution in [0.2, 0.25) is 0 Å². The highest BCUT2D eigenvalue weighted by molar-refractivity contribution is 8.89. The molecule has 118 valence electrons. The summed E-state index contributed by atoms with van der Waals surface area (Å²) in [6, 6.07) is 27.7. The van der Waals surface area contributed by atoms with Gasteiger partial charge in [-0.15, -0.1) is 0 Å². The van der Waals surface area contributed by atoms with Crippen molar-refractivity contribution in [3.8, 4) is 0 Å². The largest absolute Gasteiger partial charge is 0.256 e. The van der Waals surface area contributed by atoms with Gasteiger partial charge in [0.2, 0.25) is 0 Å². The van der Waals surface area contributed by atoms with Crippen molar-refractivity contribution in [3.05, 3.63) is 91.0 Å². The summed E-state index contributed by atoms with van der Waals surface area (Å²) in [5, 5.41) is 5.82. The standard InChI is InChI=1S/C18H17NO2S2/c19-23(20,21)22(16-10-4-1-5-11-16,17-12-6-2-7-13-17)18-14-8-3-9-15-18/h1-15H,(H2,19,20,21). The first-order chi connectivity index (χ1) is 11.1. The first-order valence-corrected chi connectivity index (χ1v) is 10.8. The molecule has 0 aliphatic rings. The molecule has 0 amide bonds. The summed E-state index contributed by atoms with van der Waals surface area (Å²) in [6.07, 6.45) is 0.